The first-order chi connectivity index (χ1) is 40.0. The Kier molecular flexibility index (Phi) is 67.6. The average molecular weight is 1140 g/mol. The zero-order chi connectivity index (χ0) is 58.5. The molecule has 0 heterocycles. The van der Waals surface area contributed by atoms with Gasteiger partial charge in [-0.2, -0.15) is 0 Å². The number of rotatable bonds is 67. The van der Waals surface area contributed by atoms with Crippen LogP contribution >= 0.6 is 0 Å². The van der Waals surface area contributed by atoms with Gasteiger partial charge in [0.05, 0.1) is 0 Å². The zero-order valence-corrected chi connectivity index (χ0v) is 54.6. The number of carbonyl (C=O) groups excluding carboxylic acids is 3. The fraction of sp³-hybridized carbons (Fsp3) is 0.853. The molecule has 0 bridgehead atoms. The molecule has 6 nitrogen and oxygen atoms in total. The van der Waals surface area contributed by atoms with Crippen molar-refractivity contribution in [3.05, 3.63) is 48.6 Å². The Hall–Kier alpha value is -2.63. The van der Waals surface area contributed by atoms with E-state index in [1.165, 1.54) is 283 Å². The minimum atomic E-state index is -0.771. The second-order valence-corrected chi connectivity index (χ2v) is 24.5. The molecule has 0 aliphatic carbocycles. The van der Waals surface area contributed by atoms with Crippen LogP contribution in [0.15, 0.2) is 48.6 Å². The Morgan fingerprint density at radius 1 is 0.247 bits per heavy atom. The van der Waals surface area contributed by atoms with Crippen LogP contribution in [0.3, 0.4) is 0 Å². The second-order valence-electron chi connectivity index (χ2n) is 24.5. The van der Waals surface area contributed by atoms with E-state index in [1.807, 2.05) is 0 Å². The van der Waals surface area contributed by atoms with E-state index in [1.54, 1.807) is 0 Å². The van der Waals surface area contributed by atoms with Gasteiger partial charge >= 0.3 is 17.9 Å². The minimum absolute atomic E-state index is 0.0683. The number of hydrogen-bond acceptors (Lipinski definition) is 6. The predicted molar refractivity (Wildman–Crippen MR) is 353 cm³/mol. The first-order valence-corrected chi connectivity index (χ1v) is 36.1. The zero-order valence-electron chi connectivity index (χ0n) is 54.6. The van der Waals surface area contributed by atoms with Crippen molar-refractivity contribution >= 4 is 17.9 Å². The number of allylic oxidation sites excluding steroid dienone is 8. The minimum Gasteiger partial charge on any atom is -0.462 e. The van der Waals surface area contributed by atoms with Crippen LogP contribution in [0, 0.1) is 0 Å². The van der Waals surface area contributed by atoms with Crippen molar-refractivity contribution in [1.82, 2.24) is 0 Å². The Morgan fingerprint density at radius 3 is 0.704 bits per heavy atom. The van der Waals surface area contributed by atoms with Gasteiger partial charge in [-0.3, -0.25) is 14.4 Å². The van der Waals surface area contributed by atoms with E-state index in [-0.39, 0.29) is 31.1 Å². The Balaban J connectivity index is 4.11. The van der Waals surface area contributed by atoms with Crippen molar-refractivity contribution in [3.8, 4) is 0 Å². The molecule has 0 aromatic rings. The number of unbranched alkanes of at least 4 members (excludes halogenated alkanes) is 48. The summed E-state index contributed by atoms with van der Waals surface area (Å²) in [5.74, 6) is -0.847. The quantitative estimate of drug-likeness (QED) is 0.0261. The molecule has 0 N–H and O–H groups in total. The van der Waals surface area contributed by atoms with Crippen LogP contribution in [0.5, 0.6) is 0 Å². The second kappa shape index (κ2) is 69.9. The molecule has 81 heavy (non-hydrogen) atoms. The number of esters is 3. The van der Waals surface area contributed by atoms with Gasteiger partial charge in [-0.1, -0.05) is 339 Å². The van der Waals surface area contributed by atoms with Gasteiger partial charge in [0.2, 0.25) is 0 Å². The van der Waals surface area contributed by atoms with E-state index >= 15 is 0 Å². The Bertz CT molecular complexity index is 1400. The summed E-state index contributed by atoms with van der Waals surface area (Å²) in [5.41, 5.74) is 0. The largest absolute Gasteiger partial charge is 0.462 e. The summed E-state index contributed by atoms with van der Waals surface area (Å²) in [4.78, 5) is 38.3. The van der Waals surface area contributed by atoms with Crippen LogP contribution in [0.2, 0.25) is 0 Å². The predicted octanol–water partition coefficient (Wildman–Crippen LogP) is 24.9. The fourth-order valence-corrected chi connectivity index (χ4v) is 10.9. The molecule has 1 unspecified atom stereocenters. The maximum Gasteiger partial charge on any atom is 0.306 e. The molecule has 6 heteroatoms. The van der Waals surface area contributed by atoms with Gasteiger partial charge in [-0.25, -0.2) is 0 Å². The summed E-state index contributed by atoms with van der Waals surface area (Å²) in [6.07, 6.45) is 88.7. The van der Waals surface area contributed by atoms with E-state index in [9.17, 15) is 14.4 Å². The smallest absolute Gasteiger partial charge is 0.306 e. The van der Waals surface area contributed by atoms with Crippen LogP contribution in [-0.4, -0.2) is 37.2 Å². The average Bonchev–Trinajstić information content (AvgIpc) is 3.47. The van der Waals surface area contributed by atoms with Crippen LogP contribution < -0.4 is 0 Å². The van der Waals surface area contributed by atoms with E-state index in [2.05, 4.69) is 69.4 Å². The van der Waals surface area contributed by atoms with E-state index < -0.39 is 6.10 Å². The highest BCUT2D eigenvalue weighted by atomic mass is 16.6. The van der Waals surface area contributed by atoms with Crippen LogP contribution in [0.25, 0.3) is 0 Å². The molecule has 474 valence electrons. The van der Waals surface area contributed by atoms with Crippen LogP contribution in [0.4, 0.5) is 0 Å². The molecule has 1 atom stereocenters. The molecule has 0 saturated carbocycles. The highest BCUT2D eigenvalue weighted by molar-refractivity contribution is 5.71. The molecule has 0 saturated heterocycles. The molecule has 0 aliphatic heterocycles. The maximum atomic E-state index is 12.9. The van der Waals surface area contributed by atoms with Crippen molar-refractivity contribution in [2.24, 2.45) is 0 Å². The maximum absolute atomic E-state index is 12.9. The van der Waals surface area contributed by atoms with Crippen molar-refractivity contribution in [1.29, 1.82) is 0 Å². The highest BCUT2D eigenvalue weighted by Gasteiger charge is 2.19. The Morgan fingerprint density at radius 2 is 0.444 bits per heavy atom. The van der Waals surface area contributed by atoms with Gasteiger partial charge in [-0.05, 0) is 83.5 Å². The van der Waals surface area contributed by atoms with E-state index in [4.69, 9.17) is 14.2 Å². The lowest BCUT2D eigenvalue weighted by Crippen LogP contribution is -2.30. The van der Waals surface area contributed by atoms with Gasteiger partial charge < -0.3 is 14.2 Å². The summed E-state index contributed by atoms with van der Waals surface area (Å²) >= 11 is 0. The third kappa shape index (κ3) is 68.0. The lowest BCUT2D eigenvalue weighted by Gasteiger charge is -2.18. The lowest BCUT2D eigenvalue weighted by atomic mass is 10.0. The van der Waals surface area contributed by atoms with Gasteiger partial charge in [0, 0.05) is 19.3 Å². The van der Waals surface area contributed by atoms with Crippen LogP contribution in [-0.2, 0) is 28.6 Å². The summed E-state index contributed by atoms with van der Waals surface area (Å²) < 4.78 is 16.9. The van der Waals surface area contributed by atoms with Gasteiger partial charge in [0.15, 0.2) is 6.10 Å². The summed E-state index contributed by atoms with van der Waals surface area (Å²) in [7, 11) is 0. The lowest BCUT2D eigenvalue weighted by molar-refractivity contribution is -0.167. The number of carbonyl (C=O) groups is 3. The summed E-state index contributed by atoms with van der Waals surface area (Å²) in [6, 6.07) is 0. The molecule has 0 aromatic heterocycles. The topological polar surface area (TPSA) is 78.9 Å². The highest BCUT2D eigenvalue weighted by Crippen LogP contribution is 2.18. The molecule has 0 amide bonds. The third-order valence-corrected chi connectivity index (χ3v) is 16.3. The standard InChI is InChI=1S/C75H138O6/c1-4-7-10-13-16-19-21-23-25-27-29-31-33-35-36-37-38-40-41-43-45-47-49-51-53-56-59-62-65-68-74(77)80-71-72(70-79-73(76)67-64-61-58-55-18-15-12-9-6-3)81-75(78)69-66-63-60-57-54-52-50-48-46-44-42-39-34-32-30-28-26-24-22-20-17-14-11-8-5-2/h21,23,27-30,33,35,72H,4-20,22,24-26,31-32,34,36-71H2,1-3H3/b23-21-,29-27-,30-28-,35-33-. The first-order valence-electron chi connectivity index (χ1n) is 36.1. The van der Waals surface area contributed by atoms with E-state index in [0.717, 1.165) is 70.6 Å². The van der Waals surface area contributed by atoms with Gasteiger partial charge in [0.25, 0.3) is 0 Å². The summed E-state index contributed by atoms with van der Waals surface area (Å²) in [6.45, 7) is 6.67. The number of hydrogen-bond donors (Lipinski definition) is 0. The number of ether oxygens (including phenoxy) is 3. The van der Waals surface area contributed by atoms with Crippen LogP contribution in [0.1, 0.15) is 393 Å². The monoisotopic (exact) mass is 1140 g/mol. The van der Waals surface area contributed by atoms with E-state index in [0.29, 0.717) is 19.3 Å². The van der Waals surface area contributed by atoms with Gasteiger partial charge in [-0.15, -0.1) is 0 Å². The molecular formula is C75H138O6. The van der Waals surface area contributed by atoms with Crippen molar-refractivity contribution in [2.45, 2.75) is 399 Å². The molecule has 0 aliphatic rings. The first kappa shape index (κ1) is 78.4. The SMILES string of the molecule is CCCCCCC/C=C\C/C=C\C/C=C\CCCCCCCCCCCCCCCCC(=O)OCC(COC(=O)CCCCCCCCCCC)OC(=O)CCCCCCCCCCCCCCC/C=C\CCCCCCCCCC. The fourth-order valence-electron chi connectivity index (χ4n) is 10.9. The van der Waals surface area contributed by atoms with Gasteiger partial charge in [0.1, 0.15) is 13.2 Å². The van der Waals surface area contributed by atoms with Crippen molar-refractivity contribution in [2.75, 3.05) is 13.2 Å². The molecule has 0 rings (SSSR count). The molecule has 0 radical (unpaired) electrons. The molecule has 0 aromatic carbocycles. The van der Waals surface area contributed by atoms with Crippen molar-refractivity contribution in [3.63, 3.8) is 0 Å². The molecule has 0 fully saturated rings. The normalized spacial score (nSPS) is 12.3. The molecule has 0 spiro atoms. The molecular weight excluding hydrogens is 997 g/mol. The Labute approximate surface area is 505 Å². The summed E-state index contributed by atoms with van der Waals surface area (Å²) in [5, 5.41) is 0. The third-order valence-electron chi connectivity index (χ3n) is 16.3. The van der Waals surface area contributed by atoms with Crippen molar-refractivity contribution < 1.29 is 28.6 Å².